The van der Waals surface area contributed by atoms with E-state index in [1.54, 1.807) is 12.2 Å². The molecule has 0 rings (SSSR count). The number of hydrogen-bond donors (Lipinski definition) is 1. The maximum atomic E-state index is 8.41. The number of aliphatic hydroxyl groups excluding tert-OH is 1. The predicted molar refractivity (Wildman–Crippen MR) is 34.9 cm³/mol. The molecule has 0 aromatic heterocycles. The van der Waals surface area contributed by atoms with Crippen molar-refractivity contribution in [2.24, 2.45) is 4.99 Å². The number of aliphatic hydroxyl groups is 1. The van der Waals surface area contributed by atoms with Gasteiger partial charge in [0.2, 0.25) is 0 Å². The molecule has 0 saturated carbocycles. The number of nitrogens with zero attached hydrogens (tertiary/aromatic N) is 1. The Morgan fingerprint density at radius 1 is 1.75 bits per heavy atom. The van der Waals surface area contributed by atoms with Crippen LogP contribution in [0.25, 0.3) is 0 Å². The summed E-state index contributed by atoms with van der Waals surface area (Å²) in [5.41, 5.74) is 0.542. The third kappa shape index (κ3) is 2.31. The van der Waals surface area contributed by atoms with Gasteiger partial charge >= 0.3 is 0 Å². The summed E-state index contributed by atoms with van der Waals surface area (Å²) in [7, 11) is 0. The van der Waals surface area contributed by atoms with E-state index in [4.69, 9.17) is 5.11 Å². The van der Waals surface area contributed by atoms with Crippen molar-refractivity contribution < 1.29 is 5.11 Å². The minimum atomic E-state index is -0.0739. The standard InChI is InChI=1S/C6H9NO/c1-3-4-6(5-8)7-2/h3-4,8H,1-2,5H2/b6-4-. The molecule has 0 fully saturated rings. The fourth-order valence-electron chi connectivity index (χ4n) is 0.291. The summed E-state index contributed by atoms with van der Waals surface area (Å²) in [5.74, 6) is 0. The Morgan fingerprint density at radius 3 is 2.50 bits per heavy atom. The van der Waals surface area contributed by atoms with Crippen LogP contribution in [0.3, 0.4) is 0 Å². The fraction of sp³-hybridized carbons (Fsp3) is 0.167. The summed E-state index contributed by atoms with van der Waals surface area (Å²) in [5, 5.41) is 8.41. The molecule has 0 heterocycles. The van der Waals surface area contributed by atoms with Gasteiger partial charge in [-0.2, -0.15) is 0 Å². The molecule has 1 N–H and O–H groups in total. The van der Waals surface area contributed by atoms with Gasteiger partial charge in [-0.25, -0.2) is 0 Å². The SMILES string of the molecule is C=C/C=C(/CO)N=C. The van der Waals surface area contributed by atoms with E-state index < -0.39 is 0 Å². The molecule has 0 aromatic carbocycles. The lowest BCUT2D eigenvalue weighted by atomic mass is 10.4. The Morgan fingerprint density at radius 2 is 2.38 bits per heavy atom. The molecule has 0 radical (unpaired) electrons. The van der Waals surface area contributed by atoms with Crippen LogP contribution >= 0.6 is 0 Å². The van der Waals surface area contributed by atoms with Gasteiger partial charge in [-0.3, -0.25) is 4.99 Å². The molecule has 0 amide bonds. The first-order valence-corrected chi connectivity index (χ1v) is 2.24. The summed E-state index contributed by atoms with van der Waals surface area (Å²) < 4.78 is 0. The smallest absolute Gasteiger partial charge is 0.0852 e. The van der Waals surface area contributed by atoms with Crippen molar-refractivity contribution in [3.63, 3.8) is 0 Å². The van der Waals surface area contributed by atoms with Gasteiger partial charge < -0.3 is 5.11 Å². The molecular weight excluding hydrogens is 102 g/mol. The molecule has 0 aliphatic carbocycles. The number of rotatable bonds is 3. The van der Waals surface area contributed by atoms with Gasteiger partial charge in [-0.1, -0.05) is 12.7 Å². The average Bonchev–Trinajstić information content (AvgIpc) is 1.83. The third-order valence-corrected chi connectivity index (χ3v) is 0.675. The van der Waals surface area contributed by atoms with E-state index >= 15 is 0 Å². The van der Waals surface area contributed by atoms with E-state index in [9.17, 15) is 0 Å². The second kappa shape index (κ2) is 4.27. The molecule has 0 bridgehead atoms. The predicted octanol–water partition coefficient (Wildman–Crippen LogP) is 0.749. The fourth-order valence-corrected chi connectivity index (χ4v) is 0.291. The largest absolute Gasteiger partial charge is 0.390 e. The summed E-state index contributed by atoms with van der Waals surface area (Å²) >= 11 is 0. The Kier molecular flexibility index (Phi) is 3.80. The molecule has 0 spiro atoms. The van der Waals surface area contributed by atoms with E-state index in [0.717, 1.165) is 0 Å². The van der Waals surface area contributed by atoms with Crippen LogP contribution in [-0.4, -0.2) is 18.4 Å². The zero-order valence-corrected chi connectivity index (χ0v) is 4.67. The van der Waals surface area contributed by atoms with Gasteiger partial charge in [-0.15, -0.1) is 0 Å². The zero-order valence-electron chi connectivity index (χ0n) is 4.67. The zero-order chi connectivity index (χ0) is 6.41. The van der Waals surface area contributed by atoms with E-state index in [1.807, 2.05) is 0 Å². The van der Waals surface area contributed by atoms with E-state index in [0.29, 0.717) is 5.70 Å². The van der Waals surface area contributed by atoms with Crippen molar-refractivity contribution in [2.45, 2.75) is 0 Å². The Bertz CT molecular complexity index is 116. The maximum absolute atomic E-state index is 8.41. The van der Waals surface area contributed by atoms with Crippen molar-refractivity contribution in [1.82, 2.24) is 0 Å². The molecule has 0 saturated heterocycles. The summed E-state index contributed by atoms with van der Waals surface area (Å²) in [4.78, 5) is 3.49. The van der Waals surface area contributed by atoms with Gasteiger partial charge in [0.15, 0.2) is 0 Å². The molecular formula is C6H9NO. The molecule has 8 heavy (non-hydrogen) atoms. The second-order valence-corrected chi connectivity index (χ2v) is 1.21. The summed E-state index contributed by atoms with van der Waals surface area (Å²) in [6, 6.07) is 0. The average molecular weight is 111 g/mol. The van der Waals surface area contributed by atoms with Gasteiger partial charge in [0.05, 0.1) is 12.3 Å². The minimum absolute atomic E-state index is 0.0739. The van der Waals surface area contributed by atoms with Crippen LogP contribution in [0.15, 0.2) is 29.4 Å². The van der Waals surface area contributed by atoms with Crippen LogP contribution < -0.4 is 0 Å². The van der Waals surface area contributed by atoms with Crippen molar-refractivity contribution in [3.05, 3.63) is 24.4 Å². The van der Waals surface area contributed by atoms with Gasteiger partial charge in [0, 0.05) is 0 Å². The molecule has 0 atom stereocenters. The molecule has 2 nitrogen and oxygen atoms in total. The van der Waals surface area contributed by atoms with Crippen LogP contribution in [0.1, 0.15) is 0 Å². The van der Waals surface area contributed by atoms with Gasteiger partial charge in [-0.05, 0) is 12.8 Å². The lowest BCUT2D eigenvalue weighted by Gasteiger charge is -1.88. The lowest BCUT2D eigenvalue weighted by molar-refractivity contribution is 0.330. The summed E-state index contributed by atoms with van der Waals surface area (Å²) in [6.45, 7) is 6.57. The van der Waals surface area contributed by atoms with Crippen LogP contribution in [0.2, 0.25) is 0 Å². The quantitative estimate of drug-likeness (QED) is 0.423. The maximum Gasteiger partial charge on any atom is 0.0852 e. The molecule has 2 heteroatoms. The van der Waals surface area contributed by atoms with Crippen LogP contribution in [-0.2, 0) is 0 Å². The Hall–Kier alpha value is -0.890. The van der Waals surface area contributed by atoms with Crippen molar-refractivity contribution in [1.29, 1.82) is 0 Å². The molecule has 44 valence electrons. The Balaban J connectivity index is 3.84. The normalized spacial score (nSPS) is 10.9. The highest BCUT2D eigenvalue weighted by Crippen LogP contribution is 1.91. The lowest BCUT2D eigenvalue weighted by Crippen LogP contribution is -1.82. The number of allylic oxidation sites excluding steroid dienone is 2. The van der Waals surface area contributed by atoms with Crippen LogP contribution in [0.5, 0.6) is 0 Å². The van der Waals surface area contributed by atoms with E-state index in [-0.39, 0.29) is 6.61 Å². The first-order valence-electron chi connectivity index (χ1n) is 2.24. The number of aliphatic imine (C=N–C) groups is 1. The highest BCUT2D eigenvalue weighted by molar-refractivity contribution is 5.29. The molecule has 0 aliphatic rings. The van der Waals surface area contributed by atoms with E-state index in [1.165, 1.54) is 0 Å². The molecule has 0 aromatic rings. The van der Waals surface area contributed by atoms with Crippen LogP contribution in [0, 0.1) is 0 Å². The highest BCUT2D eigenvalue weighted by atomic mass is 16.3. The van der Waals surface area contributed by atoms with Crippen molar-refractivity contribution >= 4 is 6.72 Å². The second-order valence-electron chi connectivity index (χ2n) is 1.21. The topological polar surface area (TPSA) is 32.6 Å². The first-order chi connectivity index (χ1) is 3.85. The van der Waals surface area contributed by atoms with Gasteiger partial charge in [0.25, 0.3) is 0 Å². The van der Waals surface area contributed by atoms with Crippen molar-refractivity contribution in [3.8, 4) is 0 Å². The van der Waals surface area contributed by atoms with Gasteiger partial charge in [0.1, 0.15) is 0 Å². The van der Waals surface area contributed by atoms with Crippen LogP contribution in [0.4, 0.5) is 0 Å². The molecule has 0 aliphatic heterocycles. The van der Waals surface area contributed by atoms with E-state index in [2.05, 4.69) is 18.3 Å². The summed E-state index contributed by atoms with van der Waals surface area (Å²) in [6.07, 6.45) is 3.16. The first kappa shape index (κ1) is 7.11. The monoisotopic (exact) mass is 111 g/mol. The molecule has 0 unspecified atom stereocenters. The Labute approximate surface area is 48.9 Å². The third-order valence-electron chi connectivity index (χ3n) is 0.675. The highest BCUT2D eigenvalue weighted by Gasteiger charge is 1.81. The minimum Gasteiger partial charge on any atom is -0.390 e. The van der Waals surface area contributed by atoms with Crippen molar-refractivity contribution in [2.75, 3.05) is 6.61 Å². The number of hydrogen-bond acceptors (Lipinski definition) is 2.